The molecule has 1 N–H and O–H groups in total. The summed E-state index contributed by atoms with van der Waals surface area (Å²) in [4.78, 5) is 23.9. The van der Waals surface area contributed by atoms with Crippen molar-refractivity contribution in [3.63, 3.8) is 0 Å². The van der Waals surface area contributed by atoms with Gasteiger partial charge in [0.25, 0.3) is 0 Å². The van der Waals surface area contributed by atoms with E-state index in [-0.39, 0.29) is 0 Å². The van der Waals surface area contributed by atoms with E-state index in [0.29, 0.717) is 11.8 Å². The lowest BCUT2D eigenvalue weighted by molar-refractivity contribution is -0.143. The van der Waals surface area contributed by atoms with E-state index in [1.165, 1.54) is 61.9 Å². The van der Waals surface area contributed by atoms with Crippen molar-refractivity contribution in [1.82, 2.24) is 14.9 Å². The number of carboxylic acid groups (broad SMARTS) is 1. The summed E-state index contributed by atoms with van der Waals surface area (Å²) in [6, 6.07) is 7.87. The molecule has 3 aliphatic rings. The summed E-state index contributed by atoms with van der Waals surface area (Å²) in [5.74, 6) is 0.337. The maximum absolute atomic E-state index is 12.2. The number of pyridine rings is 2. The first-order valence-corrected chi connectivity index (χ1v) is 13.1. The normalized spacial score (nSPS) is 21.6. The van der Waals surface area contributed by atoms with Gasteiger partial charge in [-0.2, -0.15) is 0 Å². The number of aliphatic carboxylic acids is 1. The van der Waals surface area contributed by atoms with Crippen LogP contribution >= 0.6 is 0 Å². The molecule has 1 aliphatic heterocycles. The van der Waals surface area contributed by atoms with Gasteiger partial charge in [0, 0.05) is 41.3 Å². The van der Waals surface area contributed by atoms with Gasteiger partial charge >= 0.3 is 5.97 Å². The van der Waals surface area contributed by atoms with Gasteiger partial charge in [-0.15, -0.1) is 0 Å². The first kappa shape index (κ1) is 22.5. The van der Waals surface area contributed by atoms with Crippen LogP contribution in [0.3, 0.4) is 0 Å². The van der Waals surface area contributed by atoms with Crippen LogP contribution in [-0.4, -0.2) is 39.0 Å². The molecule has 2 aliphatic carbocycles. The zero-order valence-electron chi connectivity index (χ0n) is 19.7. The molecule has 1 saturated carbocycles. The molecule has 5 nitrogen and oxygen atoms in total. The van der Waals surface area contributed by atoms with E-state index in [4.69, 9.17) is 4.98 Å². The number of unbranched alkanes of at least 4 members (excludes halogenated alkanes) is 2. The van der Waals surface area contributed by atoms with E-state index in [9.17, 15) is 9.90 Å². The van der Waals surface area contributed by atoms with Crippen LogP contribution in [0.15, 0.2) is 30.5 Å². The average molecular weight is 448 g/mol. The molecule has 176 valence electrons. The van der Waals surface area contributed by atoms with Gasteiger partial charge in [0.1, 0.15) is 6.04 Å². The Labute approximate surface area is 197 Å². The standard InChI is InChI=1S/C28H37N3O2/c32-28(33)27(24-10-6-17-29-26(24)22-12-13-22)31-18-16-20(19-31)7-2-1-3-9-23-15-14-21-8-4-5-11-25(21)30-23/h6,10,14-15,17,20,22,27H,1-5,7-9,11-13,16,18-19H2,(H,32,33)/t20-,27?/m1/s1. The van der Waals surface area contributed by atoms with Gasteiger partial charge < -0.3 is 5.11 Å². The number of nitrogens with zero attached hydrogens (tertiary/aromatic N) is 3. The number of aromatic nitrogens is 2. The largest absolute Gasteiger partial charge is 0.480 e. The summed E-state index contributed by atoms with van der Waals surface area (Å²) in [5.41, 5.74) is 6.01. The molecule has 2 fully saturated rings. The van der Waals surface area contributed by atoms with Crippen LogP contribution in [0.25, 0.3) is 0 Å². The highest BCUT2D eigenvalue weighted by Crippen LogP contribution is 2.43. The molecule has 1 saturated heterocycles. The molecule has 2 aromatic heterocycles. The zero-order chi connectivity index (χ0) is 22.6. The Hall–Kier alpha value is -2.27. The maximum Gasteiger partial charge on any atom is 0.325 e. The number of likely N-dealkylation sites (tertiary alicyclic amines) is 1. The van der Waals surface area contributed by atoms with Crippen LogP contribution in [0.5, 0.6) is 0 Å². The number of rotatable bonds is 10. The summed E-state index contributed by atoms with van der Waals surface area (Å²) in [5, 5.41) is 10.1. The van der Waals surface area contributed by atoms with E-state index in [1.807, 2.05) is 18.3 Å². The second-order valence-electron chi connectivity index (χ2n) is 10.4. The van der Waals surface area contributed by atoms with Crippen molar-refractivity contribution >= 4 is 5.97 Å². The minimum atomic E-state index is -0.733. The third kappa shape index (κ3) is 5.46. The fourth-order valence-electron chi connectivity index (χ4n) is 5.86. The molecular weight excluding hydrogens is 410 g/mol. The Balaban J connectivity index is 1.08. The maximum atomic E-state index is 12.2. The predicted octanol–water partition coefficient (Wildman–Crippen LogP) is 5.48. The second kappa shape index (κ2) is 10.3. The minimum Gasteiger partial charge on any atom is -0.480 e. The lowest BCUT2D eigenvalue weighted by atomic mass is 9.95. The van der Waals surface area contributed by atoms with Gasteiger partial charge in [0.2, 0.25) is 0 Å². The smallest absolute Gasteiger partial charge is 0.325 e. The second-order valence-corrected chi connectivity index (χ2v) is 10.4. The minimum absolute atomic E-state index is 0.464. The molecule has 0 amide bonds. The number of hydrogen-bond acceptors (Lipinski definition) is 4. The summed E-state index contributed by atoms with van der Waals surface area (Å²) in [6.45, 7) is 1.77. The van der Waals surface area contributed by atoms with E-state index in [1.54, 1.807) is 0 Å². The highest BCUT2D eigenvalue weighted by molar-refractivity contribution is 5.76. The Kier molecular flexibility index (Phi) is 7.05. The van der Waals surface area contributed by atoms with Crippen molar-refractivity contribution in [3.05, 3.63) is 58.7 Å². The van der Waals surface area contributed by atoms with Gasteiger partial charge in [0.15, 0.2) is 0 Å². The summed E-state index contributed by atoms with van der Waals surface area (Å²) < 4.78 is 0. The van der Waals surface area contributed by atoms with Crippen LogP contribution in [0.2, 0.25) is 0 Å². The van der Waals surface area contributed by atoms with E-state index in [0.717, 1.165) is 56.5 Å². The molecular formula is C28H37N3O2. The van der Waals surface area contributed by atoms with E-state index in [2.05, 4.69) is 22.0 Å². The Morgan fingerprint density at radius 3 is 2.82 bits per heavy atom. The van der Waals surface area contributed by atoms with E-state index < -0.39 is 12.0 Å². The lowest BCUT2D eigenvalue weighted by Crippen LogP contribution is -2.33. The SMILES string of the molecule is O=C(O)C(c1cccnc1C1CC1)N1CC[C@@H](CCCCCc2ccc3c(n2)CCCC3)C1. The van der Waals surface area contributed by atoms with Gasteiger partial charge in [-0.3, -0.25) is 19.7 Å². The summed E-state index contributed by atoms with van der Waals surface area (Å²) >= 11 is 0. The fourth-order valence-corrected chi connectivity index (χ4v) is 5.86. The van der Waals surface area contributed by atoms with Crippen LogP contribution in [0, 0.1) is 5.92 Å². The molecule has 0 spiro atoms. The van der Waals surface area contributed by atoms with Gasteiger partial charge in [-0.25, -0.2) is 0 Å². The molecule has 3 heterocycles. The Morgan fingerprint density at radius 1 is 1.09 bits per heavy atom. The van der Waals surface area contributed by atoms with Crippen molar-refractivity contribution in [3.8, 4) is 0 Å². The highest BCUT2D eigenvalue weighted by atomic mass is 16.4. The van der Waals surface area contributed by atoms with Crippen molar-refractivity contribution in [2.24, 2.45) is 5.92 Å². The molecule has 1 unspecified atom stereocenters. The molecule has 0 aromatic carbocycles. The average Bonchev–Trinajstić information content (AvgIpc) is 3.58. The third-order valence-electron chi connectivity index (χ3n) is 7.83. The Morgan fingerprint density at radius 2 is 1.97 bits per heavy atom. The quantitative estimate of drug-likeness (QED) is 0.488. The first-order chi connectivity index (χ1) is 16.2. The molecule has 0 radical (unpaired) electrons. The van der Waals surface area contributed by atoms with Crippen LogP contribution < -0.4 is 0 Å². The zero-order valence-corrected chi connectivity index (χ0v) is 19.7. The third-order valence-corrected chi connectivity index (χ3v) is 7.83. The van der Waals surface area contributed by atoms with Crippen molar-refractivity contribution in [1.29, 1.82) is 0 Å². The van der Waals surface area contributed by atoms with Crippen LogP contribution in [0.4, 0.5) is 0 Å². The van der Waals surface area contributed by atoms with Crippen LogP contribution in [0.1, 0.15) is 98.0 Å². The van der Waals surface area contributed by atoms with Gasteiger partial charge in [-0.05, 0) is 94.4 Å². The number of fused-ring (bicyclic) bond motifs is 1. The molecule has 5 rings (SSSR count). The molecule has 2 atom stereocenters. The van der Waals surface area contributed by atoms with Gasteiger partial charge in [0.05, 0.1) is 0 Å². The van der Waals surface area contributed by atoms with Crippen molar-refractivity contribution < 1.29 is 9.90 Å². The molecule has 33 heavy (non-hydrogen) atoms. The molecule has 0 bridgehead atoms. The lowest BCUT2D eigenvalue weighted by Gasteiger charge is -2.26. The number of carboxylic acids is 1. The van der Waals surface area contributed by atoms with E-state index >= 15 is 0 Å². The summed E-state index contributed by atoms with van der Waals surface area (Å²) in [6.07, 6.45) is 16.1. The number of hydrogen-bond donors (Lipinski definition) is 1. The molecule has 5 heteroatoms. The fraction of sp³-hybridized carbons (Fsp3) is 0.607. The highest BCUT2D eigenvalue weighted by Gasteiger charge is 2.37. The Bertz CT molecular complexity index is 971. The summed E-state index contributed by atoms with van der Waals surface area (Å²) in [7, 11) is 0. The monoisotopic (exact) mass is 447 g/mol. The van der Waals surface area contributed by atoms with Crippen molar-refractivity contribution in [2.75, 3.05) is 13.1 Å². The number of aryl methyl sites for hydroxylation is 3. The van der Waals surface area contributed by atoms with Crippen LogP contribution in [-0.2, 0) is 24.1 Å². The molecule has 2 aromatic rings. The van der Waals surface area contributed by atoms with Crippen molar-refractivity contribution in [2.45, 2.75) is 89.0 Å². The first-order valence-electron chi connectivity index (χ1n) is 13.1. The predicted molar refractivity (Wildman–Crippen MR) is 129 cm³/mol. The topological polar surface area (TPSA) is 66.3 Å². The van der Waals surface area contributed by atoms with Gasteiger partial charge in [-0.1, -0.05) is 25.0 Å². The number of carbonyl (C=O) groups is 1.